The van der Waals surface area contributed by atoms with Crippen LogP contribution in [0, 0.1) is 9.49 Å². The summed E-state index contributed by atoms with van der Waals surface area (Å²) in [7, 11) is 3.27. The maximum atomic E-state index is 13.7. The molecule has 1 aliphatic carbocycles. The zero-order valence-electron chi connectivity index (χ0n) is 18.6. The third-order valence-electron chi connectivity index (χ3n) is 6.18. The van der Waals surface area contributed by atoms with Crippen LogP contribution in [0.2, 0.25) is 0 Å². The van der Waals surface area contributed by atoms with E-state index in [1.807, 2.05) is 48.5 Å². The predicted molar refractivity (Wildman–Crippen MR) is 140 cm³/mol. The minimum absolute atomic E-state index is 0.104. The van der Waals surface area contributed by atoms with Gasteiger partial charge < -0.3 is 19.7 Å². The Hall–Kier alpha value is -1.87. The molecule has 7 heteroatoms. The molecule has 32 heavy (non-hydrogen) atoms. The Morgan fingerprint density at radius 1 is 1.12 bits per heavy atom. The summed E-state index contributed by atoms with van der Waals surface area (Å²) >= 11 is 3.83. The number of para-hydroxylation sites is 1. The number of nitrogens with one attached hydrogen (secondary N) is 1. The second-order valence-corrected chi connectivity index (χ2v) is 10.6. The monoisotopic (exact) mass is 564 g/mol. The summed E-state index contributed by atoms with van der Waals surface area (Å²) in [5, 5.41) is 3.59. The number of hydrogen-bond acceptors (Lipinski definition) is 5. The van der Waals surface area contributed by atoms with Crippen LogP contribution in [0.4, 0.5) is 5.69 Å². The first kappa shape index (κ1) is 23.3. The number of carbonyl (C=O) groups excluding carboxylic acids is 1. The number of hydrogen-bond donors (Lipinski definition) is 1. The van der Waals surface area contributed by atoms with Gasteiger partial charge in [-0.3, -0.25) is 4.79 Å². The molecule has 0 radical (unpaired) electrons. The van der Waals surface area contributed by atoms with Crippen LogP contribution in [-0.4, -0.2) is 36.6 Å². The van der Waals surface area contributed by atoms with E-state index < -0.39 is 0 Å². The normalized spacial score (nSPS) is 24.6. The summed E-state index contributed by atoms with van der Waals surface area (Å²) in [5.41, 5.74) is 1.83. The molecule has 0 bridgehead atoms. The maximum absolute atomic E-state index is 13.7. The maximum Gasteiger partial charge on any atom is 0.262 e. The molecule has 0 aromatic heterocycles. The Labute approximate surface area is 208 Å². The number of halogens is 1. The number of ether oxygens (including phenoxy) is 2. The van der Waals surface area contributed by atoms with Gasteiger partial charge in [0.15, 0.2) is 17.0 Å². The molecule has 2 fully saturated rings. The molecule has 1 amide bonds. The molecule has 1 unspecified atom stereocenters. The lowest BCUT2D eigenvalue weighted by atomic mass is 9.85. The van der Waals surface area contributed by atoms with Gasteiger partial charge in [-0.05, 0) is 77.3 Å². The van der Waals surface area contributed by atoms with Crippen LogP contribution < -0.4 is 14.8 Å². The van der Waals surface area contributed by atoms with Gasteiger partial charge in [-0.2, -0.15) is 0 Å². The van der Waals surface area contributed by atoms with Crippen molar-refractivity contribution in [3.63, 3.8) is 0 Å². The molecule has 170 valence electrons. The van der Waals surface area contributed by atoms with E-state index in [0.29, 0.717) is 17.4 Å². The molecule has 2 aromatic rings. The van der Waals surface area contributed by atoms with E-state index in [9.17, 15) is 4.79 Å². The van der Waals surface area contributed by atoms with Crippen molar-refractivity contribution in [1.29, 1.82) is 0 Å². The van der Waals surface area contributed by atoms with Crippen molar-refractivity contribution >= 4 is 52.0 Å². The number of anilines is 1. The largest absolute Gasteiger partial charge is 0.493 e. The number of rotatable bonds is 6. The van der Waals surface area contributed by atoms with Crippen molar-refractivity contribution in [3.05, 3.63) is 56.5 Å². The van der Waals surface area contributed by atoms with Crippen LogP contribution in [0.15, 0.2) is 47.4 Å². The molecule has 5 nitrogen and oxygen atoms in total. The Balaban J connectivity index is 1.67. The highest BCUT2D eigenvalue weighted by molar-refractivity contribution is 14.1. The van der Waals surface area contributed by atoms with Crippen molar-refractivity contribution in [2.75, 3.05) is 19.5 Å². The number of nitrogens with zero attached hydrogens (tertiary/aromatic N) is 1. The summed E-state index contributed by atoms with van der Waals surface area (Å²) < 4.78 is 11.9. The molecule has 0 spiro atoms. The van der Waals surface area contributed by atoms with Crippen LogP contribution in [0.5, 0.6) is 11.5 Å². The summed E-state index contributed by atoms with van der Waals surface area (Å²) in [6, 6.07) is 14.3. The summed E-state index contributed by atoms with van der Waals surface area (Å²) in [5.74, 6) is 1.97. The second kappa shape index (κ2) is 10.4. The van der Waals surface area contributed by atoms with E-state index in [4.69, 9.17) is 9.47 Å². The van der Waals surface area contributed by atoms with Gasteiger partial charge >= 0.3 is 0 Å². The number of carbonyl (C=O) groups is 1. The Morgan fingerprint density at radius 3 is 2.56 bits per heavy atom. The molecule has 1 saturated heterocycles. The van der Waals surface area contributed by atoms with Crippen molar-refractivity contribution in [2.24, 2.45) is 5.92 Å². The summed E-state index contributed by atoms with van der Waals surface area (Å²) in [4.78, 5) is 16.5. The second-order valence-electron chi connectivity index (χ2n) is 8.27. The van der Waals surface area contributed by atoms with Crippen molar-refractivity contribution in [2.45, 2.75) is 44.1 Å². The SMILES string of the molecule is COc1cc(/C=C2\SC(Nc3ccccc3)N([C@H]3CCCC[C@@H]3C)C2=O)cc(I)c1OC. The fraction of sp³-hybridized carbons (Fsp3) is 0.400. The van der Waals surface area contributed by atoms with Crippen molar-refractivity contribution in [1.82, 2.24) is 4.90 Å². The van der Waals surface area contributed by atoms with E-state index in [1.54, 1.807) is 26.0 Å². The standard InChI is InChI=1S/C25H29IN2O3S/c1-16-9-7-8-12-20(16)28-24(29)22(32-25(28)27-18-10-5-4-6-11-18)15-17-13-19(26)23(31-3)21(14-17)30-2/h4-6,10-11,13-16,20,25,27H,7-9,12H2,1-3H3/b22-15-/t16-,20-,25?/m0/s1. The highest BCUT2D eigenvalue weighted by Crippen LogP contribution is 2.43. The number of amides is 1. The summed E-state index contributed by atoms with van der Waals surface area (Å²) in [6.07, 6.45) is 6.63. The van der Waals surface area contributed by atoms with E-state index in [2.05, 4.69) is 39.7 Å². The highest BCUT2D eigenvalue weighted by atomic mass is 127. The average Bonchev–Trinajstić information content (AvgIpc) is 3.08. The topological polar surface area (TPSA) is 50.8 Å². The van der Waals surface area contributed by atoms with Crippen molar-refractivity contribution in [3.8, 4) is 11.5 Å². The quantitative estimate of drug-likeness (QED) is 0.335. The van der Waals surface area contributed by atoms with Gasteiger partial charge in [-0.15, -0.1) is 0 Å². The first-order chi connectivity index (χ1) is 15.5. The van der Waals surface area contributed by atoms with Gasteiger partial charge in [0, 0.05) is 11.7 Å². The number of benzene rings is 2. The third-order valence-corrected chi connectivity index (χ3v) is 8.09. The molecule has 1 saturated carbocycles. The predicted octanol–water partition coefficient (Wildman–Crippen LogP) is 6.20. The molecule has 1 aliphatic heterocycles. The van der Waals surface area contributed by atoms with E-state index in [1.165, 1.54) is 19.3 Å². The van der Waals surface area contributed by atoms with Crippen molar-refractivity contribution < 1.29 is 14.3 Å². The molecular weight excluding hydrogens is 535 g/mol. The Morgan fingerprint density at radius 2 is 1.88 bits per heavy atom. The first-order valence-corrected chi connectivity index (χ1v) is 12.9. The lowest BCUT2D eigenvalue weighted by Gasteiger charge is -2.39. The zero-order valence-corrected chi connectivity index (χ0v) is 21.6. The van der Waals surface area contributed by atoms with Crippen LogP contribution in [0.1, 0.15) is 38.2 Å². The number of methoxy groups -OCH3 is 2. The summed E-state index contributed by atoms with van der Waals surface area (Å²) in [6.45, 7) is 2.28. The first-order valence-electron chi connectivity index (χ1n) is 11.0. The van der Waals surface area contributed by atoms with Gasteiger partial charge in [0.2, 0.25) is 0 Å². The Bertz CT molecular complexity index is 998. The molecule has 2 aliphatic rings. The average molecular weight is 564 g/mol. The molecule has 1 N–H and O–H groups in total. The fourth-order valence-corrected chi connectivity index (χ4v) is 6.60. The van der Waals surface area contributed by atoms with E-state index in [0.717, 1.165) is 26.1 Å². The molecular formula is C25H29IN2O3S. The van der Waals surface area contributed by atoms with E-state index in [-0.39, 0.29) is 17.4 Å². The van der Waals surface area contributed by atoms with Crippen LogP contribution in [0.3, 0.4) is 0 Å². The van der Waals surface area contributed by atoms with E-state index >= 15 is 0 Å². The minimum atomic E-state index is -0.124. The number of thioether (sulfide) groups is 1. The highest BCUT2D eigenvalue weighted by Gasteiger charge is 2.42. The third kappa shape index (κ3) is 4.88. The minimum Gasteiger partial charge on any atom is -0.493 e. The van der Waals surface area contributed by atoms with Crippen LogP contribution >= 0.6 is 34.4 Å². The smallest absolute Gasteiger partial charge is 0.262 e. The molecule has 1 heterocycles. The fourth-order valence-electron chi connectivity index (χ4n) is 4.54. The zero-order chi connectivity index (χ0) is 22.7. The van der Waals surface area contributed by atoms with Gasteiger partial charge in [-0.1, -0.05) is 49.7 Å². The van der Waals surface area contributed by atoms with Gasteiger partial charge in [0.1, 0.15) is 0 Å². The van der Waals surface area contributed by atoms with Gasteiger partial charge in [0.05, 0.1) is 22.7 Å². The lowest BCUT2D eigenvalue weighted by Crippen LogP contribution is -2.48. The molecule has 4 rings (SSSR count). The van der Waals surface area contributed by atoms with Gasteiger partial charge in [-0.25, -0.2) is 0 Å². The Kier molecular flexibility index (Phi) is 7.55. The van der Waals surface area contributed by atoms with Crippen LogP contribution in [-0.2, 0) is 4.79 Å². The molecule has 2 aromatic carbocycles. The van der Waals surface area contributed by atoms with Gasteiger partial charge in [0.25, 0.3) is 5.91 Å². The molecule has 3 atom stereocenters. The lowest BCUT2D eigenvalue weighted by molar-refractivity contribution is -0.129. The van der Waals surface area contributed by atoms with Crippen LogP contribution in [0.25, 0.3) is 6.08 Å².